The first kappa shape index (κ1) is 18.4. The number of aliphatic hydroxyl groups is 2. The summed E-state index contributed by atoms with van der Waals surface area (Å²) in [6, 6.07) is 18.0. The quantitative estimate of drug-likeness (QED) is 0.364. The predicted molar refractivity (Wildman–Crippen MR) is 121 cm³/mol. The van der Waals surface area contributed by atoms with Crippen molar-refractivity contribution in [2.45, 2.75) is 24.7 Å². The number of nitrogens with one attached hydrogen (secondary N) is 2. The van der Waals surface area contributed by atoms with Crippen molar-refractivity contribution in [2.75, 3.05) is 5.32 Å². The first-order chi connectivity index (χ1) is 15.1. The van der Waals surface area contributed by atoms with E-state index in [4.69, 9.17) is 5.10 Å². The average molecular weight is 412 g/mol. The molecule has 1 aliphatic carbocycles. The number of aromatic nitrogens is 4. The molecule has 3 aromatic heterocycles. The molecule has 1 radical (unpaired) electrons. The van der Waals surface area contributed by atoms with Crippen LogP contribution in [0, 0.1) is 12.8 Å². The Hall–Kier alpha value is -3.42. The fourth-order valence-corrected chi connectivity index (χ4v) is 4.62. The standard InChI is InChI=1S/C24H22N5O2/c1-13-10-20(24(31)23(13)30)27-21-8-9-25-22-12-18(28-29(21)22)14-6-7-16-15-4-2-3-5-17(15)26-19(16)11-14/h2-9,11-13,20,23-24,26-27,30-31H,1,10H2/t13-,20-,23-,24+/m1/s1. The fourth-order valence-electron chi connectivity index (χ4n) is 4.62. The van der Waals surface area contributed by atoms with Crippen LogP contribution in [0.3, 0.4) is 0 Å². The largest absolute Gasteiger partial charge is 0.390 e. The molecule has 6 rings (SSSR count). The number of H-pyrrole nitrogens is 1. The van der Waals surface area contributed by atoms with Crippen LogP contribution in [0.1, 0.15) is 6.42 Å². The van der Waals surface area contributed by atoms with Gasteiger partial charge in [-0.2, -0.15) is 9.61 Å². The van der Waals surface area contributed by atoms with E-state index in [1.54, 1.807) is 10.7 Å². The lowest BCUT2D eigenvalue weighted by molar-refractivity contribution is 0.0256. The number of hydrogen-bond acceptors (Lipinski definition) is 5. The fraction of sp³-hybridized carbons (Fsp3) is 0.208. The number of aromatic amines is 1. The molecular weight excluding hydrogens is 390 g/mol. The highest BCUT2D eigenvalue weighted by molar-refractivity contribution is 6.08. The molecular formula is C24H22N5O2. The van der Waals surface area contributed by atoms with Crippen LogP contribution in [0.25, 0.3) is 38.7 Å². The zero-order chi connectivity index (χ0) is 21.1. The maximum Gasteiger partial charge on any atom is 0.157 e. The van der Waals surface area contributed by atoms with Crippen molar-refractivity contribution in [3.8, 4) is 11.3 Å². The summed E-state index contributed by atoms with van der Waals surface area (Å²) in [5.74, 6) is 0.509. The van der Waals surface area contributed by atoms with Crippen molar-refractivity contribution in [1.82, 2.24) is 19.6 Å². The first-order valence-corrected chi connectivity index (χ1v) is 10.4. The lowest BCUT2D eigenvalue weighted by Gasteiger charge is -2.19. The molecule has 155 valence electrons. The Morgan fingerprint density at radius 1 is 1.00 bits per heavy atom. The topological polar surface area (TPSA) is 98.5 Å². The van der Waals surface area contributed by atoms with Gasteiger partial charge in [0.15, 0.2) is 5.65 Å². The van der Waals surface area contributed by atoms with Crippen molar-refractivity contribution >= 4 is 33.3 Å². The second-order valence-corrected chi connectivity index (χ2v) is 8.29. The Kier molecular flexibility index (Phi) is 4.03. The van der Waals surface area contributed by atoms with E-state index < -0.39 is 12.2 Å². The monoisotopic (exact) mass is 412 g/mol. The molecule has 5 aromatic rings. The van der Waals surface area contributed by atoms with E-state index in [0.717, 1.165) is 22.3 Å². The Labute approximate surface area is 178 Å². The summed E-state index contributed by atoms with van der Waals surface area (Å²) < 4.78 is 1.74. The molecule has 4 N–H and O–H groups in total. The van der Waals surface area contributed by atoms with Crippen LogP contribution in [-0.4, -0.2) is 48.0 Å². The molecule has 1 saturated carbocycles. The number of fused-ring (bicyclic) bond motifs is 4. The van der Waals surface area contributed by atoms with Crippen LogP contribution >= 0.6 is 0 Å². The highest BCUT2D eigenvalue weighted by Gasteiger charge is 2.39. The predicted octanol–water partition coefficient (Wildman–Crippen LogP) is 3.39. The smallest absolute Gasteiger partial charge is 0.157 e. The lowest BCUT2D eigenvalue weighted by atomic mass is 10.1. The van der Waals surface area contributed by atoms with Crippen LogP contribution in [0.15, 0.2) is 60.8 Å². The first-order valence-electron chi connectivity index (χ1n) is 10.4. The molecule has 7 nitrogen and oxygen atoms in total. The van der Waals surface area contributed by atoms with Crippen LogP contribution in [0.4, 0.5) is 5.82 Å². The maximum atomic E-state index is 10.3. The third-order valence-electron chi connectivity index (χ3n) is 6.29. The molecule has 7 heteroatoms. The number of rotatable bonds is 3. The van der Waals surface area contributed by atoms with Crippen LogP contribution < -0.4 is 5.32 Å². The maximum absolute atomic E-state index is 10.3. The number of para-hydroxylation sites is 1. The zero-order valence-corrected chi connectivity index (χ0v) is 16.7. The number of anilines is 1. The molecule has 3 heterocycles. The molecule has 4 atom stereocenters. The van der Waals surface area contributed by atoms with E-state index in [9.17, 15) is 10.2 Å². The van der Waals surface area contributed by atoms with E-state index >= 15 is 0 Å². The van der Waals surface area contributed by atoms with E-state index in [-0.39, 0.29) is 12.0 Å². The van der Waals surface area contributed by atoms with Gasteiger partial charge in [-0.15, -0.1) is 0 Å². The van der Waals surface area contributed by atoms with Gasteiger partial charge in [0.2, 0.25) is 0 Å². The van der Waals surface area contributed by atoms with Gasteiger partial charge in [-0.25, -0.2) is 4.98 Å². The van der Waals surface area contributed by atoms with Gasteiger partial charge in [-0.1, -0.05) is 30.3 Å². The molecule has 2 aromatic carbocycles. The highest BCUT2D eigenvalue weighted by Crippen LogP contribution is 2.31. The van der Waals surface area contributed by atoms with Crippen molar-refractivity contribution in [3.05, 3.63) is 67.7 Å². The number of nitrogens with zero attached hydrogens (tertiary/aromatic N) is 3. The van der Waals surface area contributed by atoms with Crippen molar-refractivity contribution in [3.63, 3.8) is 0 Å². The lowest BCUT2D eigenvalue weighted by Crippen LogP contribution is -2.35. The summed E-state index contributed by atoms with van der Waals surface area (Å²) in [5.41, 5.74) is 4.68. The van der Waals surface area contributed by atoms with E-state index in [2.05, 4.69) is 52.5 Å². The summed E-state index contributed by atoms with van der Waals surface area (Å²) in [5, 5.41) is 30.8. The van der Waals surface area contributed by atoms with Crippen molar-refractivity contribution in [1.29, 1.82) is 0 Å². The number of aliphatic hydroxyl groups excluding tert-OH is 2. The van der Waals surface area contributed by atoms with Gasteiger partial charge in [-0.3, -0.25) is 0 Å². The van der Waals surface area contributed by atoms with Gasteiger partial charge in [0.05, 0.1) is 17.8 Å². The van der Waals surface area contributed by atoms with E-state index in [1.807, 2.05) is 24.3 Å². The Morgan fingerprint density at radius 2 is 1.84 bits per heavy atom. The van der Waals surface area contributed by atoms with Crippen molar-refractivity contribution in [2.24, 2.45) is 5.92 Å². The van der Waals surface area contributed by atoms with Crippen molar-refractivity contribution < 1.29 is 10.2 Å². The van der Waals surface area contributed by atoms with E-state index in [0.29, 0.717) is 17.9 Å². The van der Waals surface area contributed by atoms with Crippen LogP contribution in [0.5, 0.6) is 0 Å². The molecule has 0 unspecified atom stereocenters. The molecule has 0 saturated heterocycles. The molecule has 31 heavy (non-hydrogen) atoms. The summed E-state index contributed by atoms with van der Waals surface area (Å²) >= 11 is 0. The summed E-state index contributed by atoms with van der Waals surface area (Å²) in [6.45, 7) is 3.92. The summed E-state index contributed by atoms with van der Waals surface area (Å²) in [6.07, 6.45) is 0.594. The van der Waals surface area contributed by atoms with E-state index in [1.165, 1.54) is 10.8 Å². The van der Waals surface area contributed by atoms with Gasteiger partial charge in [0.25, 0.3) is 0 Å². The molecule has 0 aliphatic heterocycles. The Morgan fingerprint density at radius 3 is 2.68 bits per heavy atom. The molecule has 1 aliphatic rings. The second kappa shape index (κ2) is 6.80. The molecule has 0 spiro atoms. The Balaban J connectivity index is 1.39. The summed E-state index contributed by atoms with van der Waals surface area (Å²) in [4.78, 5) is 7.91. The molecule has 0 amide bonds. The zero-order valence-electron chi connectivity index (χ0n) is 16.7. The second-order valence-electron chi connectivity index (χ2n) is 8.29. The number of benzene rings is 2. The summed E-state index contributed by atoms with van der Waals surface area (Å²) in [7, 11) is 0. The SMILES string of the molecule is [CH2][C@@H]1C[C@@H](Nc2ccnc3cc(-c4ccc5c(c4)[nH]c4ccccc45)nn23)[C@H](O)[C@@H]1O. The third kappa shape index (κ3) is 2.89. The Bertz CT molecular complexity index is 1420. The van der Waals surface area contributed by atoms with Gasteiger partial charge >= 0.3 is 0 Å². The van der Waals surface area contributed by atoms with Gasteiger partial charge in [-0.05, 0) is 37.5 Å². The minimum atomic E-state index is -0.870. The molecule has 0 bridgehead atoms. The van der Waals surface area contributed by atoms with Gasteiger partial charge in [0, 0.05) is 39.6 Å². The average Bonchev–Trinajstić information content (AvgIpc) is 3.44. The van der Waals surface area contributed by atoms with Gasteiger partial charge in [0.1, 0.15) is 11.9 Å². The minimum absolute atomic E-state index is 0.207. The highest BCUT2D eigenvalue weighted by atomic mass is 16.3. The normalized spacial score (nSPS) is 23.8. The minimum Gasteiger partial charge on any atom is -0.390 e. The van der Waals surface area contributed by atoms with Crippen LogP contribution in [-0.2, 0) is 0 Å². The molecule has 1 fully saturated rings. The van der Waals surface area contributed by atoms with Gasteiger partial charge < -0.3 is 20.5 Å². The third-order valence-corrected chi connectivity index (χ3v) is 6.29. The van der Waals surface area contributed by atoms with Crippen LogP contribution in [0.2, 0.25) is 0 Å². The number of hydrogen-bond donors (Lipinski definition) is 4.